The molecule has 5 aliphatic rings. The van der Waals surface area contributed by atoms with E-state index >= 15 is 0 Å². The maximum Gasteiger partial charge on any atom is 0.307 e. The first-order chi connectivity index (χ1) is 16.8. The monoisotopic (exact) mass is 606 g/mol. The summed E-state index contributed by atoms with van der Waals surface area (Å²) in [6.07, 6.45) is 0.326. The normalized spacial score (nSPS) is 34.9. The van der Waals surface area contributed by atoms with Gasteiger partial charge >= 0.3 is 5.97 Å². The molecule has 6 rings (SSSR count). The van der Waals surface area contributed by atoms with Crippen molar-refractivity contribution >= 4 is 86.5 Å². The lowest BCUT2D eigenvalue weighted by Gasteiger charge is -2.45. The molecule has 0 radical (unpaired) electrons. The van der Waals surface area contributed by atoms with Gasteiger partial charge in [0.1, 0.15) is 26.8 Å². The van der Waals surface area contributed by atoms with Gasteiger partial charge < -0.3 is 14.6 Å². The molecule has 2 saturated carbocycles. The zero-order chi connectivity index (χ0) is 25.9. The van der Waals surface area contributed by atoms with Crippen LogP contribution in [0.25, 0.3) is 22.3 Å². The van der Waals surface area contributed by atoms with E-state index in [0.29, 0.717) is 22.1 Å². The van der Waals surface area contributed by atoms with E-state index in [0.717, 1.165) is 0 Å². The number of carboxylic acids is 1. The lowest BCUT2D eigenvalue weighted by molar-refractivity contribution is -0.144. The standard InChI is InChI=1S/C25H16Cl6O5/c26-20-21(27)24(29)16-8-14(22(34)35)13(7-15(16)23(20,28)25(24,30)31)19-11-3-1-9(32)5-17(11)36-18-6-10(33)2-4-12(18)19/h1-6,13-16,32H,7-8H2,(H,34,35)/t13-,14-,15-,16-,23-,24-/m1/s1. The SMILES string of the molecule is O=C(O)[C@@H]1C[C@@H]2[C@@H](C[C@H]1c1c3ccc(=O)cc-3oc3cc(O)ccc13)[C@@]1(Cl)C(Cl)=C(Cl)[C@@]2(Cl)C1(Cl)Cl. The number of hydrogen-bond acceptors (Lipinski definition) is 4. The highest BCUT2D eigenvalue weighted by Crippen LogP contribution is 2.79. The number of carboxylic acid groups (broad SMARTS) is 1. The summed E-state index contributed by atoms with van der Waals surface area (Å²) in [5.74, 6) is -3.37. The van der Waals surface area contributed by atoms with Crippen LogP contribution in [0.1, 0.15) is 24.3 Å². The van der Waals surface area contributed by atoms with Crippen LogP contribution in [0.3, 0.4) is 0 Å². The molecule has 11 heteroatoms. The van der Waals surface area contributed by atoms with Crippen molar-refractivity contribution in [1.29, 1.82) is 0 Å². The summed E-state index contributed by atoms with van der Waals surface area (Å²) in [6.45, 7) is 0. The van der Waals surface area contributed by atoms with Crippen molar-refractivity contribution in [3.63, 3.8) is 0 Å². The zero-order valence-electron chi connectivity index (χ0n) is 18.1. The predicted octanol–water partition coefficient (Wildman–Crippen LogP) is 7.26. The fraction of sp³-hybridized carbons (Fsp3) is 0.360. The van der Waals surface area contributed by atoms with E-state index < -0.39 is 43.7 Å². The highest BCUT2D eigenvalue weighted by molar-refractivity contribution is 6.65. The third-order valence-corrected chi connectivity index (χ3v) is 12.5. The number of aliphatic carboxylic acids is 1. The Balaban J connectivity index is 1.61. The molecule has 0 spiro atoms. The maximum absolute atomic E-state index is 12.7. The van der Waals surface area contributed by atoms with Gasteiger partial charge in [-0.3, -0.25) is 9.59 Å². The van der Waals surface area contributed by atoms with Crippen molar-refractivity contribution in [2.24, 2.45) is 17.8 Å². The Kier molecular flexibility index (Phi) is 5.44. The summed E-state index contributed by atoms with van der Waals surface area (Å²) in [6, 6.07) is 8.92. The van der Waals surface area contributed by atoms with Crippen LogP contribution in [-0.4, -0.2) is 30.3 Å². The molecule has 188 valence electrons. The van der Waals surface area contributed by atoms with Crippen molar-refractivity contribution in [1.82, 2.24) is 0 Å². The number of benzene rings is 2. The van der Waals surface area contributed by atoms with Crippen LogP contribution in [0.2, 0.25) is 0 Å². The Hall–Kier alpha value is -1.34. The first-order valence-corrected chi connectivity index (χ1v) is 13.3. The van der Waals surface area contributed by atoms with Crippen molar-refractivity contribution in [2.75, 3.05) is 0 Å². The molecule has 2 N–H and O–H groups in total. The fourth-order valence-electron chi connectivity index (χ4n) is 6.62. The molecule has 2 fully saturated rings. The Bertz CT molecular complexity index is 1530. The molecular formula is C25H16Cl6O5. The molecule has 4 aliphatic carbocycles. The molecule has 1 aromatic rings. The van der Waals surface area contributed by atoms with Crippen LogP contribution in [0.4, 0.5) is 0 Å². The quantitative estimate of drug-likeness (QED) is 0.236. The number of fused-ring (bicyclic) bond motifs is 7. The molecule has 36 heavy (non-hydrogen) atoms. The van der Waals surface area contributed by atoms with Gasteiger partial charge in [0.05, 0.1) is 16.0 Å². The van der Waals surface area contributed by atoms with E-state index in [2.05, 4.69) is 0 Å². The summed E-state index contributed by atoms with van der Waals surface area (Å²) in [4.78, 5) is 21.7. The molecular weight excluding hydrogens is 593 g/mol. The highest BCUT2D eigenvalue weighted by Gasteiger charge is 2.83. The number of halogens is 6. The average molecular weight is 609 g/mol. The van der Waals surface area contributed by atoms with Crippen LogP contribution in [0, 0.1) is 17.8 Å². The summed E-state index contributed by atoms with van der Waals surface area (Å²) < 4.78 is 4.15. The first kappa shape index (κ1) is 25.0. The Morgan fingerprint density at radius 2 is 1.58 bits per heavy atom. The molecule has 0 amide bonds. The Morgan fingerprint density at radius 1 is 0.944 bits per heavy atom. The van der Waals surface area contributed by atoms with Crippen LogP contribution in [0.15, 0.2) is 55.7 Å². The van der Waals surface area contributed by atoms with E-state index in [9.17, 15) is 19.8 Å². The number of phenolic OH excluding ortho intramolecular Hbond substituents is 1. The van der Waals surface area contributed by atoms with Gasteiger partial charge in [0.15, 0.2) is 9.76 Å². The lowest BCUT2D eigenvalue weighted by Crippen LogP contribution is -2.45. The van der Waals surface area contributed by atoms with Crippen LogP contribution in [0.5, 0.6) is 5.75 Å². The van der Waals surface area contributed by atoms with Gasteiger partial charge in [-0.1, -0.05) is 46.4 Å². The number of allylic oxidation sites excluding steroid dienone is 2. The van der Waals surface area contributed by atoms with Crippen molar-refractivity contribution < 1.29 is 19.4 Å². The minimum atomic E-state index is -1.77. The fourth-order valence-corrected chi connectivity index (χ4v) is 9.73. The van der Waals surface area contributed by atoms with Gasteiger partial charge in [-0.2, -0.15) is 0 Å². The third-order valence-electron chi connectivity index (χ3n) is 8.16. The number of phenols is 1. The molecule has 0 saturated heterocycles. The van der Waals surface area contributed by atoms with Gasteiger partial charge in [-0.25, -0.2) is 0 Å². The molecule has 0 unspecified atom stereocenters. The van der Waals surface area contributed by atoms with Crippen LogP contribution in [-0.2, 0) is 4.79 Å². The summed E-state index contributed by atoms with van der Waals surface area (Å²) in [5.41, 5.74) is 1.27. The van der Waals surface area contributed by atoms with E-state index in [-0.39, 0.29) is 39.8 Å². The van der Waals surface area contributed by atoms with E-state index in [1.165, 1.54) is 24.3 Å². The van der Waals surface area contributed by atoms with Gasteiger partial charge in [0, 0.05) is 23.1 Å². The minimum Gasteiger partial charge on any atom is -0.508 e. The van der Waals surface area contributed by atoms with E-state index in [4.69, 9.17) is 74.0 Å². The number of alkyl halides is 4. The molecule has 2 bridgehead atoms. The molecule has 1 aromatic carbocycles. The van der Waals surface area contributed by atoms with Crippen LogP contribution >= 0.6 is 69.6 Å². The Labute approximate surface area is 234 Å². The van der Waals surface area contributed by atoms with E-state index in [1.54, 1.807) is 12.1 Å². The average Bonchev–Trinajstić information content (AvgIpc) is 3.02. The number of carbonyl (C=O) groups is 1. The van der Waals surface area contributed by atoms with Crippen molar-refractivity contribution in [3.8, 4) is 17.1 Å². The molecule has 1 aliphatic heterocycles. The van der Waals surface area contributed by atoms with Gasteiger partial charge in [0.25, 0.3) is 0 Å². The number of hydrogen-bond donors (Lipinski definition) is 2. The van der Waals surface area contributed by atoms with E-state index in [1.807, 2.05) is 0 Å². The third kappa shape index (κ3) is 2.88. The topological polar surface area (TPSA) is 87.7 Å². The first-order valence-electron chi connectivity index (χ1n) is 11.1. The number of rotatable bonds is 2. The second-order valence-electron chi connectivity index (χ2n) is 9.72. The van der Waals surface area contributed by atoms with Crippen molar-refractivity contribution in [3.05, 3.63) is 62.2 Å². The predicted molar refractivity (Wildman–Crippen MR) is 141 cm³/mol. The summed E-state index contributed by atoms with van der Waals surface area (Å²) in [7, 11) is 0. The molecule has 6 atom stereocenters. The smallest absolute Gasteiger partial charge is 0.307 e. The second-order valence-corrected chi connectivity index (χ2v) is 13.0. The summed E-state index contributed by atoms with van der Waals surface area (Å²) in [5, 5.41) is 21.1. The largest absolute Gasteiger partial charge is 0.508 e. The maximum atomic E-state index is 12.7. The Morgan fingerprint density at radius 3 is 2.22 bits per heavy atom. The number of aromatic hydroxyl groups is 1. The van der Waals surface area contributed by atoms with Gasteiger partial charge in [-0.05, 0) is 60.4 Å². The van der Waals surface area contributed by atoms with Crippen LogP contribution < -0.4 is 5.43 Å². The lowest BCUT2D eigenvalue weighted by atomic mass is 9.62. The van der Waals surface area contributed by atoms with Crippen molar-refractivity contribution in [2.45, 2.75) is 32.8 Å². The molecule has 1 heterocycles. The van der Waals surface area contributed by atoms with Gasteiger partial charge in [0.2, 0.25) is 0 Å². The minimum absolute atomic E-state index is 0.0363. The molecule has 0 aromatic heterocycles. The molecule has 5 nitrogen and oxygen atoms in total. The summed E-state index contributed by atoms with van der Waals surface area (Å²) >= 11 is 40.8. The zero-order valence-corrected chi connectivity index (χ0v) is 22.6. The highest BCUT2D eigenvalue weighted by atomic mass is 35.5. The van der Waals surface area contributed by atoms with Gasteiger partial charge in [-0.15, -0.1) is 23.2 Å². The second kappa shape index (κ2) is 7.84.